The van der Waals surface area contributed by atoms with E-state index in [0.29, 0.717) is 29.9 Å². The number of carbonyl (C=O) groups is 3. The minimum Gasteiger partial charge on any atom is -0.340 e. The molecular formula is C22H27N4O3+. The Balaban J connectivity index is 1.66. The van der Waals surface area contributed by atoms with Gasteiger partial charge in [-0.25, -0.2) is 0 Å². The molecule has 1 saturated heterocycles. The number of hydrogen-bond acceptors (Lipinski definition) is 3. The minimum atomic E-state index is -0.640. The summed E-state index contributed by atoms with van der Waals surface area (Å²) in [7, 11) is 2.10. The van der Waals surface area contributed by atoms with Crippen molar-refractivity contribution in [2.75, 3.05) is 38.5 Å². The Kier molecular flexibility index (Phi) is 6.61. The van der Waals surface area contributed by atoms with Gasteiger partial charge in [-0.3, -0.25) is 14.4 Å². The molecule has 1 fully saturated rings. The maximum atomic E-state index is 12.8. The van der Waals surface area contributed by atoms with E-state index in [-0.39, 0.29) is 11.8 Å². The van der Waals surface area contributed by atoms with Crippen LogP contribution in [-0.2, 0) is 4.79 Å². The monoisotopic (exact) mass is 395 g/mol. The maximum absolute atomic E-state index is 12.8. The van der Waals surface area contributed by atoms with Crippen LogP contribution in [0.3, 0.4) is 0 Å². The predicted molar refractivity (Wildman–Crippen MR) is 111 cm³/mol. The zero-order chi connectivity index (χ0) is 20.8. The van der Waals surface area contributed by atoms with Gasteiger partial charge in [-0.2, -0.15) is 0 Å². The smallest absolute Gasteiger partial charge is 0.255 e. The first kappa shape index (κ1) is 20.5. The highest BCUT2D eigenvalue weighted by Crippen LogP contribution is 2.16. The van der Waals surface area contributed by atoms with E-state index >= 15 is 0 Å². The Morgan fingerprint density at radius 1 is 0.931 bits per heavy atom. The van der Waals surface area contributed by atoms with E-state index in [2.05, 4.69) is 17.7 Å². The average molecular weight is 395 g/mol. The summed E-state index contributed by atoms with van der Waals surface area (Å²) in [5, 5.41) is 5.55. The molecule has 7 nitrogen and oxygen atoms in total. The van der Waals surface area contributed by atoms with E-state index < -0.39 is 11.9 Å². The third kappa shape index (κ3) is 5.20. The summed E-state index contributed by atoms with van der Waals surface area (Å²) in [6.45, 7) is 4.88. The molecule has 0 unspecified atom stereocenters. The van der Waals surface area contributed by atoms with Crippen LogP contribution in [0.4, 0.5) is 5.69 Å². The Bertz CT molecular complexity index is 877. The Hall–Kier alpha value is -3.19. The van der Waals surface area contributed by atoms with E-state index in [9.17, 15) is 14.4 Å². The van der Waals surface area contributed by atoms with Gasteiger partial charge in [0, 0.05) is 5.56 Å². The van der Waals surface area contributed by atoms with Crippen molar-refractivity contribution < 1.29 is 19.3 Å². The van der Waals surface area contributed by atoms with E-state index in [1.165, 1.54) is 4.90 Å². The standard InChI is InChI=1S/C22H26N4O3/c1-16(22(29)26-14-12-25(2)13-15-26)23-21(28)18-10-6-7-11-19(18)24-20(27)17-8-4-3-5-9-17/h3-11,16H,12-15H2,1-2H3,(H,23,28)(H,24,27)/p+1/t16-/m1/s1. The second kappa shape index (κ2) is 9.34. The number of carbonyl (C=O) groups excluding carboxylic acids is 3. The minimum absolute atomic E-state index is 0.0864. The van der Waals surface area contributed by atoms with Crippen LogP contribution < -0.4 is 15.5 Å². The molecular weight excluding hydrogens is 368 g/mol. The van der Waals surface area contributed by atoms with Crippen LogP contribution in [0.2, 0.25) is 0 Å². The molecule has 0 aliphatic carbocycles. The Morgan fingerprint density at radius 2 is 1.55 bits per heavy atom. The maximum Gasteiger partial charge on any atom is 0.255 e. The molecule has 3 N–H and O–H groups in total. The molecule has 0 radical (unpaired) electrons. The first-order chi connectivity index (χ1) is 14.0. The molecule has 0 bridgehead atoms. The van der Waals surface area contributed by atoms with Crippen LogP contribution >= 0.6 is 0 Å². The molecule has 7 heteroatoms. The summed E-state index contributed by atoms with van der Waals surface area (Å²) in [5.41, 5.74) is 1.23. The largest absolute Gasteiger partial charge is 0.340 e. The first-order valence-electron chi connectivity index (χ1n) is 9.82. The van der Waals surface area contributed by atoms with Gasteiger partial charge in [-0.15, -0.1) is 0 Å². The SMILES string of the molecule is C[C@@H](NC(=O)c1ccccc1NC(=O)c1ccccc1)C(=O)N1CC[NH+](C)CC1. The first-order valence-corrected chi connectivity index (χ1v) is 9.82. The third-order valence-electron chi connectivity index (χ3n) is 5.10. The van der Waals surface area contributed by atoms with Crippen molar-refractivity contribution in [2.45, 2.75) is 13.0 Å². The highest BCUT2D eigenvalue weighted by molar-refractivity contribution is 6.09. The van der Waals surface area contributed by atoms with Gasteiger partial charge >= 0.3 is 0 Å². The van der Waals surface area contributed by atoms with E-state index in [4.69, 9.17) is 0 Å². The van der Waals surface area contributed by atoms with Crippen molar-refractivity contribution in [3.8, 4) is 0 Å². The fourth-order valence-corrected chi connectivity index (χ4v) is 3.29. The van der Waals surface area contributed by atoms with Crippen molar-refractivity contribution in [3.63, 3.8) is 0 Å². The second-order valence-corrected chi connectivity index (χ2v) is 7.34. The third-order valence-corrected chi connectivity index (χ3v) is 5.10. The van der Waals surface area contributed by atoms with E-state index in [0.717, 1.165) is 13.1 Å². The van der Waals surface area contributed by atoms with Crippen molar-refractivity contribution >= 4 is 23.4 Å². The number of quaternary nitrogens is 1. The fraction of sp³-hybridized carbons (Fsp3) is 0.318. The lowest BCUT2D eigenvalue weighted by molar-refractivity contribution is -0.883. The number of piperazine rings is 1. The normalized spacial score (nSPS) is 15.4. The van der Waals surface area contributed by atoms with Crippen molar-refractivity contribution in [1.82, 2.24) is 10.2 Å². The van der Waals surface area contributed by atoms with Crippen LogP contribution in [-0.4, -0.2) is 61.9 Å². The van der Waals surface area contributed by atoms with Crippen LogP contribution in [0.25, 0.3) is 0 Å². The summed E-state index contributed by atoms with van der Waals surface area (Å²) in [5.74, 6) is -0.777. The number of nitrogens with one attached hydrogen (secondary N) is 3. The number of hydrogen-bond donors (Lipinski definition) is 3. The van der Waals surface area contributed by atoms with Crippen LogP contribution in [0, 0.1) is 0 Å². The summed E-state index contributed by atoms with van der Waals surface area (Å²) >= 11 is 0. The molecule has 1 aliphatic rings. The molecule has 0 spiro atoms. The lowest BCUT2D eigenvalue weighted by Gasteiger charge is -2.32. The lowest BCUT2D eigenvalue weighted by Crippen LogP contribution is -3.12. The number of nitrogens with zero attached hydrogens (tertiary/aromatic N) is 1. The number of likely N-dealkylation sites (N-methyl/N-ethyl adjacent to an activating group) is 1. The zero-order valence-electron chi connectivity index (χ0n) is 16.8. The van der Waals surface area contributed by atoms with Crippen molar-refractivity contribution in [3.05, 3.63) is 65.7 Å². The molecule has 0 saturated carbocycles. The highest BCUT2D eigenvalue weighted by Gasteiger charge is 2.27. The summed E-state index contributed by atoms with van der Waals surface area (Å²) in [4.78, 5) is 41.1. The van der Waals surface area contributed by atoms with E-state index in [1.807, 2.05) is 6.07 Å². The molecule has 1 heterocycles. The lowest BCUT2D eigenvalue weighted by atomic mass is 10.1. The molecule has 1 atom stereocenters. The quantitative estimate of drug-likeness (QED) is 0.686. The van der Waals surface area contributed by atoms with Crippen molar-refractivity contribution in [1.29, 1.82) is 0 Å². The Labute approximate surface area is 170 Å². The average Bonchev–Trinajstić information content (AvgIpc) is 2.74. The molecule has 0 aromatic heterocycles. The fourth-order valence-electron chi connectivity index (χ4n) is 3.29. The van der Waals surface area contributed by atoms with Crippen molar-refractivity contribution in [2.24, 2.45) is 0 Å². The molecule has 29 heavy (non-hydrogen) atoms. The molecule has 3 amide bonds. The Morgan fingerprint density at radius 3 is 2.24 bits per heavy atom. The van der Waals surface area contributed by atoms with Gasteiger partial charge in [0.15, 0.2) is 0 Å². The van der Waals surface area contributed by atoms with Gasteiger partial charge in [0.2, 0.25) is 5.91 Å². The number of anilines is 1. The van der Waals surface area contributed by atoms with Gasteiger partial charge in [0.1, 0.15) is 6.04 Å². The van der Waals surface area contributed by atoms with Gasteiger partial charge in [0.05, 0.1) is 44.5 Å². The molecule has 152 valence electrons. The van der Waals surface area contributed by atoms with Crippen LogP contribution in [0.15, 0.2) is 54.6 Å². The zero-order valence-corrected chi connectivity index (χ0v) is 16.8. The van der Waals surface area contributed by atoms with Gasteiger partial charge in [-0.1, -0.05) is 30.3 Å². The van der Waals surface area contributed by atoms with E-state index in [1.54, 1.807) is 60.4 Å². The van der Waals surface area contributed by atoms with Crippen LogP contribution in [0.5, 0.6) is 0 Å². The summed E-state index contributed by atoms with van der Waals surface area (Å²) in [6, 6.07) is 14.9. The topological polar surface area (TPSA) is 83.0 Å². The van der Waals surface area contributed by atoms with Gasteiger partial charge in [0.25, 0.3) is 11.8 Å². The number of amides is 3. The van der Waals surface area contributed by atoms with Gasteiger partial charge < -0.3 is 20.4 Å². The highest BCUT2D eigenvalue weighted by atomic mass is 16.2. The molecule has 2 aromatic rings. The second-order valence-electron chi connectivity index (χ2n) is 7.34. The summed E-state index contributed by atoms with van der Waals surface area (Å²) in [6.07, 6.45) is 0. The molecule has 3 rings (SSSR count). The number of benzene rings is 2. The molecule has 2 aromatic carbocycles. The van der Waals surface area contributed by atoms with Crippen LogP contribution in [0.1, 0.15) is 27.6 Å². The summed E-state index contributed by atoms with van der Waals surface area (Å²) < 4.78 is 0. The number of para-hydroxylation sites is 1. The predicted octanol–water partition coefficient (Wildman–Crippen LogP) is 0.414. The molecule has 1 aliphatic heterocycles. The number of rotatable bonds is 5. The van der Waals surface area contributed by atoms with Gasteiger partial charge in [-0.05, 0) is 31.2 Å².